The van der Waals surface area contributed by atoms with Crippen LogP contribution in [0.5, 0.6) is 5.75 Å². The van der Waals surface area contributed by atoms with E-state index in [1.54, 1.807) is 13.0 Å². The van der Waals surface area contributed by atoms with E-state index in [4.69, 9.17) is 9.47 Å². The maximum absolute atomic E-state index is 11.2. The van der Waals surface area contributed by atoms with Crippen molar-refractivity contribution in [3.63, 3.8) is 0 Å². The van der Waals surface area contributed by atoms with E-state index in [1.807, 2.05) is 13.0 Å². The zero-order valence-corrected chi connectivity index (χ0v) is 10.1. The van der Waals surface area contributed by atoms with Gasteiger partial charge in [0.1, 0.15) is 5.75 Å². The molecule has 1 aromatic rings. The number of hydrogen-bond acceptors (Lipinski definition) is 3. The Morgan fingerprint density at radius 3 is 2.50 bits per heavy atom. The van der Waals surface area contributed by atoms with E-state index >= 15 is 0 Å². The zero-order chi connectivity index (χ0) is 12.0. The smallest absolute Gasteiger partial charge is 0.434 e. The maximum Gasteiger partial charge on any atom is 0.513 e. The fourth-order valence-corrected chi connectivity index (χ4v) is 1.68. The van der Waals surface area contributed by atoms with Crippen LogP contribution in [0.25, 0.3) is 0 Å². The lowest BCUT2D eigenvalue weighted by Crippen LogP contribution is -2.11. The second-order valence-electron chi connectivity index (χ2n) is 3.39. The van der Waals surface area contributed by atoms with Gasteiger partial charge in [-0.25, -0.2) is 4.79 Å². The minimum absolute atomic E-state index is 0.327. The number of carbonyl (C=O) groups excluding carboxylic acids is 1. The molecule has 0 atom stereocenters. The Bertz CT molecular complexity index is 358. The highest BCUT2D eigenvalue weighted by molar-refractivity contribution is 5.64. The molecule has 3 heteroatoms. The zero-order valence-electron chi connectivity index (χ0n) is 10.1. The molecule has 0 aliphatic rings. The molecule has 88 valence electrons. The minimum atomic E-state index is -0.634. The summed E-state index contributed by atoms with van der Waals surface area (Å²) >= 11 is 0. The van der Waals surface area contributed by atoms with E-state index in [0.29, 0.717) is 12.4 Å². The third-order valence-electron chi connectivity index (χ3n) is 2.42. The SMILES string of the molecule is CCOC(=O)Oc1cccc(CC)c1CC. The molecule has 0 amide bonds. The molecule has 0 heterocycles. The van der Waals surface area contributed by atoms with Crippen molar-refractivity contribution in [1.82, 2.24) is 0 Å². The number of ether oxygens (including phenoxy) is 2. The first-order valence-corrected chi connectivity index (χ1v) is 5.68. The Morgan fingerprint density at radius 2 is 1.94 bits per heavy atom. The summed E-state index contributed by atoms with van der Waals surface area (Å²) in [6.45, 7) is 6.22. The fraction of sp³-hybridized carbons (Fsp3) is 0.462. The molecule has 0 unspecified atom stereocenters. The summed E-state index contributed by atoms with van der Waals surface area (Å²) in [5, 5.41) is 0. The van der Waals surface area contributed by atoms with Crippen molar-refractivity contribution >= 4 is 6.16 Å². The summed E-state index contributed by atoms with van der Waals surface area (Å²) in [7, 11) is 0. The Balaban J connectivity index is 2.90. The van der Waals surface area contributed by atoms with Gasteiger partial charge >= 0.3 is 6.16 Å². The average Bonchev–Trinajstić information content (AvgIpc) is 2.29. The van der Waals surface area contributed by atoms with E-state index in [-0.39, 0.29) is 0 Å². The second-order valence-corrected chi connectivity index (χ2v) is 3.39. The molecule has 0 radical (unpaired) electrons. The molecule has 0 saturated heterocycles. The summed E-state index contributed by atoms with van der Waals surface area (Å²) in [6, 6.07) is 5.75. The van der Waals surface area contributed by atoms with E-state index < -0.39 is 6.16 Å². The highest BCUT2D eigenvalue weighted by Crippen LogP contribution is 2.23. The first kappa shape index (κ1) is 12.6. The quantitative estimate of drug-likeness (QED) is 0.579. The van der Waals surface area contributed by atoms with Gasteiger partial charge in [-0.15, -0.1) is 0 Å². The lowest BCUT2D eigenvalue weighted by atomic mass is 10.0. The summed E-state index contributed by atoms with van der Waals surface area (Å²) in [4.78, 5) is 11.2. The average molecular weight is 222 g/mol. The summed E-state index contributed by atoms with van der Waals surface area (Å²) in [5.74, 6) is 0.611. The van der Waals surface area contributed by atoms with Gasteiger partial charge in [-0.3, -0.25) is 0 Å². The predicted molar refractivity (Wildman–Crippen MR) is 62.8 cm³/mol. The minimum Gasteiger partial charge on any atom is -0.434 e. The third kappa shape index (κ3) is 2.99. The molecule has 0 aromatic heterocycles. The van der Waals surface area contributed by atoms with Crippen molar-refractivity contribution in [3.05, 3.63) is 29.3 Å². The van der Waals surface area contributed by atoms with Gasteiger partial charge < -0.3 is 9.47 Å². The Labute approximate surface area is 96.4 Å². The van der Waals surface area contributed by atoms with E-state index in [9.17, 15) is 4.79 Å². The fourth-order valence-electron chi connectivity index (χ4n) is 1.68. The number of rotatable bonds is 4. The van der Waals surface area contributed by atoms with Crippen molar-refractivity contribution in [2.75, 3.05) is 6.61 Å². The normalized spacial score (nSPS) is 9.94. The maximum atomic E-state index is 11.2. The number of aryl methyl sites for hydroxylation is 1. The lowest BCUT2D eigenvalue weighted by molar-refractivity contribution is 0.104. The second kappa shape index (κ2) is 6.16. The van der Waals surface area contributed by atoms with Crippen LogP contribution in [0, 0.1) is 0 Å². The van der Waals surface area contributed by atoms with E-state index in [2.05, 4.69) is 13.0 Å². The largest absolute Gasteiger partial charge is 0.513 e. The van der Waals surface area contributed by atoms with Gasteiger partial charge in [0.25, 0.3) is 0 Å². The summed E-state index contributed by atoms with van der Waals surface area (Å²) in [6.07, 6.45) is 1.15. The standard InChI is InChI=1S/C13H18O3/c1-4-10-8-7-9-12(11(10)5-2)16-13(14)15-6-3/h7-9H,4-6H2,1-3H3. The van der Waals surface area contributed by atoms with Crippen molar-refractivity contribution < 1.29 is 14.3 Å². The van der Waals surface area contributed by atoms with Crippen molar-refractivity contribution in [1.29, 1.82) is 0 Å². The van der Waals surface area contributed by atoms with Gasteiger partial charge in [0.05, 0.1) is 6.61 Å². The van der Waals surface area contributed by atoms with Gasteiger partial charge in [-0.05, 0) is 37.0 Å². The summed E-state index contributed by atoms with van der Waals surface area (Å²) in [5.41, 5.74) is 2.29. The molecule has 0 aliphatic carbocycles. The topological polar surface area (TPSA) is 35.5 Å². The molecule has 1 rings (SSSR count). The van der Waals surface area contributed by atoms with Crippen LogP contribution in [0.1, 0.15) is 31.9 Å². The molecular weight excluding hydrogens is 204 g/mol. The Morgan fingerprint density at radius 1 is 1.19 bits per heavy atom. The van der Waals surface area contributed by atoms with E-state index in [0.717, 1.165) is 18.4 Å². The number of hydrogen-bond donors (Lipinski definition) is 0. The van der Waals surface area contributed by atoms with E-state index in [1.165, 1.54) is 5.56 Å². The van der Waals surface area contributed by atoms with Crippen LogP contribution in [-0.4, -0.2) is 12.8 Å². The van der Waals surface area contributed by atoms with Crippen LogP contribution in [0.4, 0.5) is 4.79 Å². The first-order chi connectivity index (χ1) is 7.72. The molecular formula is C13H18O3. The lowest BCUT2D eigenvalue weighted by Gasteiger charge is -2.11. The number of carbonyl (C=O) groups is 1. The molecule has 16 heavy (non-hydrogen) atoms. The predicted octanol–water partition coefficient (Wildman–Crippen LogP) is 3.35. The molecule has 1 aromatic carbocycles. The molecule has 0 fully saturated rings. The van der Waals surface area contributed by atoms with Crippen LogP contribution in [0.3, 0.4) is 0 Å². The highest BCUT2D eigenvalue weighted by atomic mass is 16.7. The van der Waals surface area contributed by atoms with Gasteiger partial charge in [0, 0.05) is 0 Å². The molecule has 0 saturated carbocycles. The highest BCUT2D eigenvalue weighted by Gasteiger charge is 2.11. The van der Waals surface area contributed by atoms with Crippen molar-refractivity contribution in [2.24, 2.45) is 0 Å². The van der Waals surface area contributed by atoms with Crippen molar-refractivity contribution in [2.45, 2.75) is 33.6 Å². The Hall–Kier alpha value is -1.51. The number of benzene rings is 1. The molecule has 0 spiro atoms. The van der Waals surface area contributed by atoms with Gasteiger partial charge in [0.2, 0.25) is 0 Å². The molecule has 3 nitrogen and oxygen atoms in total. The molecule has 0 bridgehead atoms. The van der Waals surface area contributed by atoms with Crippen LogP contribution < -0.4 is 4.74 Å². The van der Waals surface area contributed by atoms with Crippen molar-refractivity contribution in [3.8, 4) is 5.75 Å². The van der Waals surface area contributed by atoms with Crippen LogP contribution >= 0.6 is 0 Å². The third-order valence-corrected chi connectivity index (χ3v) is 2.42. The van der Waals surface area contributed by atoms with Crippen LogP contribution in [0.15, 0.2) is 18.2 Å². The monoisotopic (exact) mass is 222 g/mol. The Kier molecular flexibility index (Phi) is 4.83. The summed E-state index contributed by atoms with van der Waals surface area (Å²) < 4.78 is 9.92. The van der Waals surface area contributed by atoms with Gasteiger partial charge in [0.15, 0.2) is 0 Å². The first-order valence-electron chi connectivity index (χ1n) is 5.68. The van der Waals surface area contributed by atoms with Crippen LogP contribution in [-0.2, 0) is 17.6 Å². The van der Waals surface area contributed by atoms with Gasteiger partial charge in [-0.1, -0.05) is 26.0 Å². The molecule has 0 N–H and O–H groups in total. The van der Waals surface area contributed by atoms with Crippen LogP contribution in [0.2, 0.25) is 0 Å². The molecule has 0 aliphatic heterocycles. The van der Waals surface area contributed by atoms with Gasteiger partial charge in [-0.2, -0.15) is 0 Å².